The third-order valence-corrected chi connectivity index (χ3v) is 1.93. The highest BCUT2D eigenvalue weighted by Crippen LogP contribution is 1.78. The summed E-state index contributed by atoms with van der Waals surface area (Å²) in [6.07, 6.45) is 3.25. The van der Waals surface area contributed by atoms with Crippen molar-refractivity contribution >= 4 is 0 Å². The summed E-state index contributed by atoms with van der Waals surface area (Å²) < 4.78 is 0. The molecule has 0 spiro atoms. The van der Waals surface area contributed by atoms with E-state index in [0.717, 1.165) is 19.3 Å². The lowest BCUT2D eigenvalue weighted by atomic mass is 10.3. The smallest absolute Gasteiger partial charge is 0.000781 e. The Labute approximate surface area is 96.8 Å². The first-order chi connectivity index (χ1) is 6.81. The van der Waals surface area contributed by atoms with Crippen molar-refractivity contribution in [2.45, 2.75) is 78.9 Å². The van der Waals surface area contributed by atoms with E-state index in [1.165, 1.54) is 0 Å². The molecule has 0 amide bonds. The van der Waals surface area contributed by atoms with Crippen LogP contribution in [0.2, 0.25) is 0 Å². The summed E-state index contributed by atoms with van der Waals surface area (Å²) in [7, 11) is 0. The van der Waals surface area contributed by atoms with E-state index >= 15 is 0 Å². The average molecular weight is 219 g/mol. The minimum atomic E-state index is 0.384. The van der Waals surface area contributed by atoms with E-state index < -0.39 is 0 Å². The van der Waals surface area contributed by atoms with Crippen molar-refractivity contribution in [2.75, 3.05) is 0 Å². The quantitative estimate of drug-likeness (QED) is 0.681. The molecule has 0 aromatic heterocycles. The molecule has 0 rings (SSSR count). The molecule has 0 aliphatic heterocycles. The molecule has 3 heteroatoms. The van der Waals surface area contributed by atoms with Gasteiger partial charge in [-0.15, -0.1) is 0 Å². The van der Waals surface area contributed by atoms with Gasteiger partial charge in [0.15, 0.2) is 0 Å². The summed E-state index contributed by atoms with van der Waals surface area (Å²) in [5.74, 6) is 0. The van der Waals surface area contributed by atoms with Crippen LogP contribution < -0.4 is 17.2 Å². The summed E-state index contributed by atoms with van der Waals surface area (Å²) in [5.41, 5.74) is 15.9. The first-order valence-corrected chi connectivity index (χ1v) is 6.08. The topological polar surface area (TPSA) is 78.1 Å². The summed E-state index contributed by atoms with van der Waals surface area (Å²) in [5, 5.41) is 0. The third kappa shape index (κ3) is 56.7. The maximum absolute atomic E-state index is 5.29. The van der Waals surface area contributed by atoms with Gasteiger partial charge in [-0.2, -0.15) is 0 Å². The average Bonchev–Trinajstić information content (AvgIpc) is 2.19. The van der Waals surface area contributed by atoms with Gasteiger partial charge in [-0.25, -0.2) is 0 Å². The lowest BCUT2D eigenvalue weighted by Gasteiger charge is -1.91. The van der Waals surface area contributed by atoms with E-state index in [1.54, 1.807) is 0 Å². The fourth-order valence-electron chi connectivity index (χ4n) is 0. The van der Waals surface area contributed by atoms with Crippen LogP contribution in [0.15, 0.2) is 0 Å². The molecule has 0 bridgehead atoms. The van der Waals surface area contributed by atoms with Gasteiger partial charge < -0.3 is 17.2 Å². The molecule has 6 N–H and O–H groups in total. The van der Waals surface area contributed by atoms with Crippen LogP contribution in [0, 0.1) is 0 Å². The highest BCUT2D eigenvalue weighted by atomic mass is 14.6. The molecule has 3 nitrogen and oxygen atoms in total. The van der Waals surface area contributed by atoms with E-state index in [9.17, 15) is 0 Å². The molecular formula is C12H33N3. The van der Waals surface area contributed by atoms with Crippen molar-refractivity contribution in [3.63, 3.8) is 0 Å². The number of nitrogens with two attached hydrogens (primary N) is 3. The summed E-state index contributed by atoms with van der Waals surface area (Å²) in [6.45, 7) is 12.2. The molecule has 15 heavy (non-hydrogen) atoms. The minimum absolute atomic E-state index is 0.384. The lowest BCUT2D eigenvalue weighted by molar-refractivity contribution is 0.714. The number of rotatable bonds is 3. The van der Waals surface area contributed by atoms with Crippen LogP contribution in [-0.4, -0.2) is 18.1 Å². The zero-order chi connectivity index (χ0) is 12.9. The summed E-state index contributed by atoms with van der Waals surface area (Å²) in [6, 6.07) is 1.15. The molecular weight excluding hydrogens is 186 g/mol. The van der Waals surface area contributed by atoms with Gasteiger partial charge >= 0.3 is 0 Å². The number of hydrogen-bond donors (Lipinski definition) is 3. The molecule has 0 aliphatic carbocycles. The predicted molar refractivity (Wildman–Crippen MR) is 71.8 cm³/mol. The standard InChI is InChI=1S/3C4H11N/c3*1-3-4(2)5/h3*4H,3,5H2,1-2H3/t2*4-;/m10./s1. The molecule has 0 saturated heterocycles. The second kappa shape index (κ2) is 16.3. The minimum Gasteiger partial charge on any atom is -0.328 e. The third-order valence-electron chi connectivity index (χ3n) is 1.93. The van der Waals surface area contributed by atoms with Gasteiger partial charge in [0.1, 0.15) is 0 Å². The summed E-state index contributed by atoms with van der Waals surface area (Å²) in [4.78, 5) is 0. The van der Waals surface area contributed by atoms with Crippen molar-refractivity contribution in [1.29, 1.82) is 0 Å². The Kier molecular flexibility index (Phi) is 22.1. The first-order valence-electron chi connectivity index (χ1n) is 6.08. The van der Waals surface area contributed by atoms with Gasteiger partial charge in [-0.1, -0.05) is 20.8 Å². The van der Waals surface area contributed by atoms with Crippen LogP contribution in [0.5, 0.6) is 0 Å². The van der Waals surface area contributed by atoms with Gasteiger partial charge in [0.2, 0.25) is 0 Å². The highest BCUT2D eigenvalue weighted by molar-refractivity contribution is 4.44. The van der Waals surface area contributed by atoms with E-state index in [0.29, 0.717) is 18.1 Å². The van der Waals surface area contributed by atoms with Crippen LogP contribution >= 0.6 is 0 Å². The van der Waals surface area contributed by atoms with Gasteiger partial charge in [0.25, 0.3) is 0 Å². The zero-order valence-corrected chi connectivity index (χ0v) is 11.6. The second-order valence-corrected chi connectivity index (χ2v) is 4.16. The molecule has 0 aromatic carbocycles. The molecule has 0 radical (unpaired) electrons. The van der Waals surface area contributed by atoms with Gasteiger partial charge in [-0.3, -0.25) is 0 Å². The molecule has 0 heterocycles. The molecule has 3 atom stereocenters. The predicted octanol–water partition coefficient (Wildman–Crippen LogP) is 2.23. The van der Waals surface area contributed by atoms with Gasteiger partial charge in [0, 0.05) is 18.1 Å². The van der Waals surface area contributed by atoms with Crippen molar-refractivity contribution in [3.05, 3.63) is 0 Å². The Hall–Kier alpha value is -0.120. The van der Waals surface area contributed by atoms with Crippen LogP contribution in [0.1, 0.15) is 60.8 Å². The maximum atomic E-state index is 5.29. The molecule has 0 aliphatic rings. The van der Waals surface area contributed by atoms with Gasteiger partial charge in [0.05, 0.1) is 0 Å². The zero-order valence-electron chi connectivity index (χ0n) is 11.6. The van der Waals surface area contributed by atoms with E-state index in [-0.39, 0.29) is 0 Å². The van der Waals surface area contributed by atoms with Crippen molar-refractivity contribution in [2.24, 2.45) is 17.2 Å². The molecule has 96 valence electrons. The van der Waals surface area contributed by atoms with E-state index in [1.807, 2.05) is 20.8 Å². The SMILES string of the molecule is CCC(C)N.CC[C@@H](C)N.CC[C@H](C)N. The molecule has 0 aromatic rings. The van der Waals surface area contributed by atoms with E-state index in [2.05, 4.69) is 20.8 Å². The van der Waals surface area contributed by atoms with Crippen molar-refractivity contribution in [1.82, 2.24) is 0 Å². The summed E-state index contributed by atoms with van der Waals surface area (Å²) >= 11 is 0. The fourth-order valence-corrected chi connectivity index (χ4v) is 0. The second-order valence-electron chi connectivity index (χ2n) is 4.16. The monoisotopic (exact) mass is 219 g/mol. The van der Waals surface area contributed by atoms with Crippen LogP contribution in [0.4, 0.5) is 0 Å². The molecule has 1 unspecified atom stereocenters. The fraction of sp³-hybridized carbons (Fsp3) is 1.00. The Morgan fingerprint density at radius 1 is 0.600 bits per heavy atom. The van der Waals surface area contributed by atoms with Crippen LogP contribution in [-0.2, 0) is 0 Å². The Morgan fingerprint density at radius 2 is 0.667 bits per heavy atom. The van der Waals surface area contributed by atoms with Crippen LogP contribution in [0.3, 0.4) is 0 Å². The number of hydrogen-bond acceptors (Lipinski definition) is 3. The van der Waals surface area contributed by atoms with Crippen molar-refractivity contribution in [3.8, 4) is 0 Å². The molecule has 0 fully saturated rings. The lowest BCUT2D eigenvalue weighted by Crippen LogP contribution is -2.11. The highest BCUT2D eigenvalue weighted by Gasteiger charge is 1.80. The Bertz CT molecular complexity index is 71.8. The van der Waals surface area contributed by atoms with Gasteiger partial charge in [-0.05, 0) is 40.0 Å². The Morgan fingerprint density at radius 3 is 0.667 bits per heavy atom. The maximum Gasteiger partial charge on any atom is 0.000781 e. The molecule has 0 saturated carbocycles. The van der Waals surface area contributed by atoms with Crippen molar-refractivity contribution < 1.29 is 0 Å². The van der Waals surface area contributed by atoms with Crippen LogP contribution in [0.25, 0.3) is 0 Å². The largest absolute Gasteiger partial charge is 0.328 e. The first kappa shape index (κ1) is 20.3. The normalized spacial score (nSPS) is 15.0. The van der Waals surface area contributed by atoms with E-state index in [4.69, 9.17) is 17.2 Å². The Balaban J connectivity index is -0.000000144.